The Labute approximate surface area is 399 Å². The fourth-order valence-electron chi connectivity index (χ4n) is 8.02. The quantitative estimate of drug-likeness (QED) is 0.138. The maximum atomic E-state index is 13.1. The summed E-state index contributed by atoms with van der Waals surface area (Å²) in [7, 11) is 0. The summed E-state index contributed by atoms with van der Waals surface area (Å²) in [5.41, 5.74) is 7.57. The van der Waals surface area contributed by atoms with Gasteiger partial charge in [0.05, 0.1) is 17.8 Å². The van der Waals surface area contributed by atoms with E-state index in [2.05, 4.69) is 34.1 Å². The number of benzene rings is 7. The van der Waals surface area contributed by atoms with E-state index in [4.69, 9.17) is 49.0 Å². The second-order valence-electron chi connectivity index (χ2n) is 17.4. The fourth-order valence-corrected chi connectivity index (χ4v) is 8.95. The molecule has 10 heteroatoms. The van der Waals surface area contributed by atoms with Crippen molar-refractivity contribution in [3.63, 3.8) is 0 Å². The topological polar surface area (TPSA) is 82.1 Å². The number of ether oxygens (including phenoxy) is 3. The number of fused-ring (bicyclic) bond motifs is 2. The van der Waals surface area contributed by atoms with Gasteiger partial charge in [0.1, 0.15) is 0 Å². The Morgan fingerprint density at radius 3 is 1.28 bits per heavy atom. The van der Waals surface area contributed by atoms with Crippen LogP contribution in [-0.4, -0.2) is 34.9 Å². The van der Waals surface area contributed by atoms with Crippen molar-refractivity contribution in [2.75, 3.05) is 6.61 Å². The molecule has 0 radical (unpaired) electrons. The SMILES string of the molecule is CCOC(=O)C(OC(C)(C)C)c1c(C)c(Br)c2ccccc2c1-c1ccc(Cl)cc1.Cc1c(C(OC(C)(C)C)C(=O)O)c(-c2ccc(Cl)cc2)c2ccccc2c1-c1ccc(Cl)cc1. The third-order valence-corrected chi connectivity index (χ3v) is 12.3. The summed E-state index contributed by atoms with van der Waals surface area (Å²) < 4.78 is 18.8. The standard InChI is InChI=1S/C29H26Cl2O3.C25H26BrClO3/c1-17-24(18-9-13-20(30)14-10-18)22-7-5-6-8-23(22)26(19-11-15-21(31)16-12-19)25(17)27(28(32)33)34-29(2,3)4;1-6-29-24(28)23(30-25(3,4)5)20-15(2)22(26)19-10-8-7-9-18(19)21(20)16-11-13-17(27)14-12-16/h5-16,27H,1-4H3,(H,32,33);7-14,23H,6H2,1-5H3. The van der Waals surface area contributed by atoms with Crippen LogP contribution in [0.5, 0.6) is 0 Å². The Morgan fingerprint density at radius 2 is 0.891 bits per heavy atom. The lowest BCUT2D eigenvalue weighted by molar-refractivity contribution is -0.166. The summed E-state index contributed by atoms with van der Waals surface area (Å²) in [6.07, 6.45) is -2.03. The minimum Gasteiger partial charge on any atom is -0.479 e. The summed E-state index contributed by atoms with van der Waals surface area (Å²) in [5.74, 6) is -1.43. The Kier molecular flexibility index (Phi) is 15.4. The predicted octanol–water partition coefficient (Wildman–Crippen LogP) is 16.4. The Bertz CT molecular complexity index is 2810. The van der Waals surface area contributed by atoms with Crippen molar-refractivity contribution in [2.45, 2.75) is 85.7 Å². The van der Waals surface area contributed by atoms with Crippen LogP contribution in [0, 0.1) is 13.8 Å². The number of hydrogen-bond acceptors (Lipinski definition) is 5. The normalized spacial score (nSPS) is 12.7. The average molecular weight is 983 g/mol. The molecule has 0 spiro atoms. The van der Waals surface area contributed by atoms with Gasteiger partial charge in [0.2, 0.25) is 0 Å². The summed E-state index contributed by atoms with van der Waals surface area (Å²) in [4.78, 5) is 25.7. The van der Waals surface area contributed by atoms with Crippen LogP contribution in [0.4, 0.5) is 0 Å². The number of rotatable bonds is 10. The van der Waals surface area contributed by atoms with Crippen LogP contribution >= 0.6 is 50.7 Å². The third kappa shape index (κ3) is 11.0. The van der Waals surface area contributed by atoms with Gasteiger partial charge in [-0.1, -0.05) is 120 Å². The van der Waals surface area contributed by atoms with E-state index in [1.54, 1.807) is 6.92 Å². The van der Waals surface area contributed by atoms with Crippen LogP contribution in [0.3, 0.4) is 0 Å². The smallest absolute Gasteiger partial charge is 0.339 e. The summed E-state index contributed by atoms with van der Waals surface area (Å²) in [6, 6.07) is 38.9. The highest BCUT2D eigenvalue weighted by atomic mass is 79.9. The maximum Gasteiger partial charge on any atom is 0.339 e. The Hall–Kier alpha value is -4.73. The number of carboxylic acids is 1. The van der Waals surface area contributed by atoms with Crippen molar-refractivity contribution in [3.05, 3.63) is 163 Å². The van der Waals surface area contributed by atoms with Crippen LogP contribution in [0.15, 0.2) is 126 Å². The first kappa shape index (κ1) is 48.7. The molecule has 64 heavy (non-hydrogen) atoms. The molecule has 2 atom stereocenters. The number of carboxylic acid groups (broad SMARTS) is 1. The van der Waals surface area contributed by atoms with E-state index in [-0.39, 0.29) is 6.61 Å². The van der Waals surface area contributed by atoms with E-state index in [1.807, 2.05) is 159 Å². The van der Waals surface area contributed by atoms with Crippen LogP contribution in [0.1, 0.15) is 82.9 Å². The molecule has 0 aliphatic carbocycles. The first-order valence-electron chi connectivity index (χ1n) is 21.0. The molecule has 0 heterocycles. The lowest BCUT2D eigenvalue weighted by Gasteiger charge is -2.30. The summed E-state index contributed by atoms with van der Waals surface area (Å²) >= 11 is 22.2. The van der Waals surface area contributed by atoms with Gasteiger partial charge in [0.25, 0.3) is 0 Å². The number of halogens is 4. The highest BCUT2D eigenvalue weighted by Crippen LogP contribution is 2.47. The molecule has 7 aromatic carbocycles. The Balaban J connectivity index is 0.000000214. The molecule has 7 aromatic rings. The number of carbonyl (C=O) groups excluding carboxylic acids is 1. The molecule has 7 rings (SSSR count). The van der Waals surface area contributed by atoms with Crippen molar-refractivity contribution in [1.29, 1.82) is 0 Å². The van der Waals surface area contributed by atoms with Crippen molar-refractivity contribution in [2.24, 2.45) is 0 Å². The van der Waals surface area contributed by atoms with E-state index in [0.29, 0.717) is 20.6 Å². The molecule has 0 aliphatic rings. The predicted molar refractivity (Wildman–Crippen MR) is 268 cm³/mol. The second-order valence-corrected chi connectivity index (χ2v) is 19.5. The monoisotopic (exact) mass is 980 g/mol. The van der Waals surface area contributed by atoms with Crippen LogP contribution in [0.25, 0.3) is 54.9 Å². The van der Waals surface area contributed by atoms with Gasteiger partial charge in [0.15, 0.2) is 12.2 Å². The molecular formula is C54H52BrCl3O6. The highest BCUT2D eigenvalue weighted by molar-refractivity contribution is 9.10. The number of aliphatic carboxylic acids is 1. The van der Waals surface area contributed by atoms with Crippen LogP contribution in [0.2, 0.25) is 15.1 Å². The highest BCUT2D eigenvalue weighted by Gasteiger charge is 2.35. The van der Waals surface area contributed by atoms with E-state index in [0.717, 1.165) is 76.1 Å². The third-order valence-electron chi connectivity index (χ3n) is 10.5. The average Bonchev–Trinajstić information content (AvgIpc) is 3.24. The van der Waals surface area contributed by atoms with E-state index >= 15 is 0 Å². The van der Waals surface area contributed by atoms with Gasteiger partial charge in [-0.15, -0.1) is 0 Å². The molecule has 2 unspecified atom stereocenters. The molecular weight excluding hydrogens is 931 g/mol. The lowest BCUT2D eigenvalue weighted by atomic mass is 9.82. The molecule has 0 saturated heterocycles. The van der Waals surface area contributed by atoms with Crippen molar-refractivity contribution in [3.8, 4) is 33.4 Å². The molecule has 0 aliphatic heterocycles. The molecule has 0 bridgehead atoms. The second kappa shape index (κ2) is 20.2. The van der Waals surface area contributed by atoms with Crippen LogP contribution < -0.4 is 0 Å². The molecule has 0 amide bonds. The minimum atomic E-state index is -1.17. The van der Waals surface area contributed by atoms with Gasteiger partial charge in [-0.25, -0.2) is 9.59 Å². The molecule has 332 valence electrons. The Morgan fingerprint density at radius 1 is 0.547 bits per heavy atom. The zero-order valence-electron chi connectivity index (χ0n) is 37.4. The first-order valence-corrected chi connectivity index (χ1v) is 22.9. The molecule has 1 N–H and O–H groups in total. The van der Waals surface area contributed by atoms with Gasteiger partial charge in [0, 0.05) is 30.7 Å². The van der Waals surface area contributed by atoms with E-state index in [9.17, 15) is 14.7 Å². The summed E-state index contributed by atoms with van der Waals surface area (Å²) in [5, 5.41) is 16.3. The molecule has 6 nitrogen and oxygen atoms in total. The van der Waals surface area contributed by atoms with Crippen molar-refractivity contribution in [1.82, 2.24) is 0 Å². The van der Waals surface area contributed by atoms with Crippen molar-refractivity contribution < 1.29 is 28.9 Å². The minimum absolute atomic E-state index is 0.285. The zero-order chi connectivity index (χ0) is 46.7. The fraction of sp³-hybridized carbons (Fsp3) is 0.259. The molecule has 0 saturated carbocycles. The van der Waals surface area contributed by atoms with Crippen molar-refractivity contribution >= 4 is 84.2 Å². The zero-order valence-corrected chi connectivity index (χ0v) is 41.3. The van der Waals surface area contributed by atoms with Gasteiger partial charge in [-0.2, -0.15) is 0 Å². The van der Waals surface area contributed by atoms with E-state index in [1.165, 1.54) is 0 Å². The van der Waals surface area contributed by atoms with Crippen LogP contribution in [-0.2, 0) is 23.8 Å². The van der Waals surface area contributed by atoms with Gasteiger partial charge >= 0.3 is 11.9 Å². The number of esters is 1. The van der Waals surface area contributed by atoms with E-state index < -0.39 is 35.3 Å². The first-order chi connectivity index (χ1) is 30.2. The summed E-state index contributed by atoms with van der Waals surface area (Å²) in [6.45, 7) is 17.5. The van der Waals surface area contributed by atoms with Gasteiger partial charge in [-0.3, -0.25) is 0 Å². The lowest BCUT2D eigenvalue weighted by Crippen LogP contribution is -2.29. The molecule has 0 aromatic heterocycles. The van der Waals surface area contributed by atoms with Gasteiger partial charge in [-0.05, 0) is 181 Å². The largest absolute Gasteiger partial charge is 0.479 e. The number of hydrogen-bond donors (Lipinski definition) is 1. The maximum absolute atomic E-state index is 13.1. The molecule has 0 fully saturated rings. The van der Waals surface area contributed by atoms with Gasteiger partial charge < -0.3 is 19.3 Å². The number of carbonyl (C=O) groups is 2.